The van der Waals surface area contributed by atoms with Gasteiger partial charge in [0, 0.05) is 17.0 Å². The van der Waals surface area contributed by atoms with E-state index in [1.807, 2.05) is 49.5 Å². The van der Waals surface area contributed by atoms with Gasteiger partial charge >= 0.3 is 0 Å². The molecule has 1 fully saturated rings. The maximum Gasteiger partial charge on any atom is 0.295 e. The van der Waals surface area contributed by atoms with Gasteiger partial charge in [0.15, 0.2) is 0 Å². The molecule has 6 nitrogen and oxygen atoms in total. The van der Waals surface area contributed by atoms with E-state index in [0.717, 1.165) is 42.0 Å². The second-order valence-corrected chi connectivity index (χ2v) is 9.32. The first-order chi connectivity index (χ1) is 15.3. The quantitative estimate of drug-likeness (QED) is 0.245. The van der Waals surface area contributed by atoms with Crippen LogP contribution in [-0.4, -0.2) is 60.4 Å². The van der Waals surface area contributed by atoms with Gasteiger partial charge in [0.25, 0.3) is 11.7 Å². The number of aliphatic hydroxyl groups excluding tert-OH is 1. The van der Waals surface area contributed by atoms with Crippen LogP contribution in [-0.2, 0) is 9.59 Å². The van der Waals surface area contributed by atoms with Crippen LogP contribution in [0.25, 0.3) is 5.76 Å². The molecule has 1 aromatic heterocycles. The Morgan fingerprint density at radius 1 is 1.22 bits per heavy atom. The van der Waals surface area contributed by atoms with Crippen LogP contribution >= 0.6 is 11.3 Å². The molecule has 32 heavy (non-hydrogen) atoms. The molecule has 0 bridgehead atoms. The third-order valence-corrected chi connectivity index (χ3v) is 6.50. The number of unbranched alkanes of at least 4 members (excludes halogenated alkanes) is 1. The highest BCUT2D eigenvalue weighted by atomic mass is 32.1. The zero-order valence-electron chi connectivity index (χ0n) is 19.3. The number of hydrogen-bond acceptors (Lipinski definition) is 6. The van der Waals surface area contributed by atoms with Crippen molar-refractivity contribution in [1.29, 1.82) is 0 Å². The zero-order valence-corrected chi connectivity index (χ0v) is 20.1. The molecule has 0 unspecified atom stereocenters. The Morgan fingerprint density at radius 3 is 2.62 bits per heavy atom. The van der Waals surface area contributed by atoms with Gasteiger partial charge in [-0.05, 0) is 75.6 Å². The summed E-state index contributed by atoms with van der Waals surface area (Å²) in [5.41, 5.74) is 1.49. The molecule has 1 aliphatic rings. The van der Waals surface area contributed by atoms with Gasteiger partial charge in [-0.25, -0.2) is 0 Å². The number of amides is 1. The van der Waals surface area contributed by atoms with Crippen molar-refractivity contribution in [3.63, 3.8) is 0 Å². The average molecular weight is 457 g/mol. The highest BCUT2D eigenvalue weighted by molar-refractivity contribution is 7.10. The van der Waals surface area contributed by atoms with Gasteiger partial charge < -0.3 is 19.6 Å². The SMILES string of the molecule is CCCCOc1ccc(C(O)=C2C(=O)C(=O)N(CCCN(C)C)[C@@H]2c2cccs2)c(C)c1. The molecule has 1 atom stereocenters. The van der Waals surface area contributed by atoms with Crippen LogP contribution in [0.4, 0.5) is 0 Å². The number of aryl methyl sites for hydroxylation is 1. The molecule has 172 valence electrons. The first kappa shape index (κ1) is 24.0. The zero-order chi connectivity index (χ0) is 23.3. The number of hydrogen-bond donors (Lipinski definition) is 1. The molecule has 7 heteroatoms. The summed E-state index contributed by atoms with van der Waals surface area (Å²) in [7, 11) is 3.95. The van der Waals surface area contributed by atoms with E-state index in [0.29, 0.717) is 18.7 Å². The van der Waals surface area contributed by atoms with Crippen LogP contribution in [0.1, 0.15) is 48.2 Å². The van der Waals surface area contributed by atoms with E-state index in [1.165, 1.54) is 11.3 Å². The molecule has 1 saturated heterocycles. The van der Waals surface area contributed by atoms with Crippen molar-refractivity contribution in [3.8, 4) is 5.75 Å². The molecule has 1 aromatic carbocycles. The van der Waals surface area contributed by atoms with Crippen molar-refractivity contribution in [2.45, 2.75) is 39.2 Å². The lowest BCUT2D eigenvalue weighted by molar-refractivity contribution is -0.139. The summed E-state index contributed by atoms with van der Waals surface area (Å²) in [6.07, 6.45) is 2.76. The second kappa shape index (κ2) is 10.8. The van der Waals surface area contributed by atoms with Gasteiger partial charge in [-0.2, -0.15) is 0 Å². The fourth-order valence-electron chi connectivity index (χ4n) is 3.88. The number of ether oxygens (including phenoxy) is 1. The van der Waals surface area contributed by atoms with Crippen LogP contribution in [0.2, 0.25) is 0 Å². The summed E-state index contributed by atoms with van der Waals surface area (Å²) >= 11 is 1.48. The van der Waals surface area contributed by atoms with Gasteiger partial charge in [-0.3, -0.25) is 9.59 Å². The predicted molar refractivity (Wildman–Crippen MR) is 128 cm³/mol. The molecule has 0 saturated carbocycles. The van der Waals surface area contributed by atoms with Crippen LogP contribution in [0.5, 0.6) is 5.75 Å². The van der Waals surface area contributed by atoms with E-state index in [4.69, 9.17) is 4.74 Å². The molecule has 2 heterocycles. The Hall–Kier alpha value is -2.64. The van der Waals surface area contributed by atoms with Gasteiger partial charge in [-0.1, -0.05) is 19.4 Å². The number of aliphatic hydroxyl groups is 1. The average Bonchev–Trinajstić information content (AvgIpc) is 3.36. The number of nitrogens with zero attached hydrogens (tertiary/aromatic N) is 2. The minimum absolute atomic E-state index is 0.130. The third kappa shape index (κ3) is 5.22. The van der Waals surface area contributed by atoms with Crippen LogP contribution < -0.4 is 4.74 Å². The number of carbonyl (C=O) groups excluding carboxylic acids is 2. The Bertz CT molecular complexity index is 982. The number of ketones is 1. The lowest BCUT2D eigenvalue weighted by atomic mass is 9.97. The molecule has 0 aliphatic carbocycles. The van der Waals surface area contributed by atoms with Crippen molar-refractivity contribution in [3.05, 3.63) is 57.3 Å². The van der Waals surface area contributed by atoms with E-state index in [-0.39, 0.29) is 11.3 Å². The number of likely N-dealkylation sites (tertiary alicyclic amines) is 1. The molecule has 1 amide bonds. The van der Waals surface area contributed by atoms with Crippen molar-refractivity contribution >= 4 is 28.8 Å². The largest absolute Gasteiger partial charge is 0.507 e. The van der Waals surface area contributed by atoms with Gasteiger partial charge in [-0.15, -0.1) is 11.3 Å². The van der Waals surface area contributed by atoms with E-state index < -0.39 is 17.7 Å². The second-order valence-electron chi connectivity index (χ2n) is 8.34. The van der Waals surface area contributed by atoms with Crippen molar-refractivity contribution in [1.82, 2.24) is 9.80 Å². The van der Waals surface area contributed by atoms with Crippen molar-refractivity contribution < 1.29 is 19.4 Å². The first-order valence-electron chi connectivity index (χ1n) is 11.1. The maximum atomic E-state index is 13.0. The van der Waals surface area contributed by atoms with E-state index in [2.05, 4.69) is 6.92 Å². The molecule has 0 radical (unpaired) electrons. The summed E-state index contributed by atoms with van der Waals surface area (Å²) in [4.78, 5) is 30.5. The van der Waals surface area contributed by atoms with Gasteiger partial charge in [0.2, 0.25) is 0 Å². The van der Waals surface area contributed by atoms with Crippen LogP contribution in [0, 0.1) is 6.92 Å². The van der Waals surface area contributed by atoms with Gasteiger partial charge in [0.1, 0.15) is 11.5 Å². The Balaban J connectivity index is 1.97. The molecular weight excluding hydrogens is 424 g/mol. The van der Waals surface area contributed by atoms with Crippen molar-refractivity contribution in [2.24, 2.45) is 0 Å². The van der Waals surface area contributed by atoms with E-state index >= 15 is 0 Å². The normalized spacial score (nSPS) is 18.0. The number of carbonyl (C=O) groups is 2. The summed E-state index contributed by atoms with van der Waals surface area (Å²) in [6, 6.07) is 8.65. The standard InChI is InChI=1S/C25H32N2O4S/c1-5-6-14-31-18-10-11-19(17(2)16-18)23(28)21-22(20-9-7-15-32-20)27(25(30)24(21)29)13-8-12-26(3)4/h7,9-11,15-16,22,28H,5-6,8,12-14H2,1-4H3/t22-/m1/s1. The van der Waals surface area contributed by atoms with Crippen LogP contribution in [0.15, 0.2) is 41.3 Å². The monoisotopic (exact) mass is 456 g/mol. The summed E-state index contributed by atoms with van der Waals surface area (Å²) in [6.45, 7) is 5.87. The Morgan fingerprint density at radius 2 is 2.00 bits per heavy atom. The number of thiophene rings is 1. The van der Waals surface area contributed by atoms with E-state index in [9.17, 15) is 14.7 Å². The number of rotatable bonds is 10. The minimum atomic E-state index is -0.631. The van der Waals surface area contributed by atoms with Crippen molar-refractivity contribution in [2.75, 3.05) is 33.8 Å². The molecule has 0 spiro atoms. The highest BCUT2D eigenvalue weighted by Crippen LogP contribution is 2.41. The lowest BCUT2D eigenvalue weighted by Gasteiger charge is -2.24. The maximum absolute atomic E-state index is 13.0. The smallest absolute Gasteiger partial charge is 0.295 e. The highest BCUT2D eigenvalue weighted by Gasteiger charge is 2.46. The van der Waals surface area contributed by atoms with Gasteiger partial charge in [0.05, 0.1) is 18.2 Å². The Labute approximate surface area is 194 Å². The third-order valence-electron chi connectivity index (χ3n) is 5.58. The molecule has 1 N–H and O–H groups in total. The topological polar surface area (TPSA) is 70.1 Å². The minimum Gasteiger partial charge on any atom is -0.507 e. The summed E-state index contributed by atoms with van der Waals surface area (Å²) in [5.74, 6) is -0.588. The van der Waals surface area contributed by atoms with Crippen LogP contribution in [0.3, 0.4) is 0 Å². The predicted octanol–water partition coefficient (Wildman–Crippen LogP) is 4.61. The summed E-state index contributed by atoms with van der Waals surface area (Å²) < 4.78 is 5.76. The molecule has 2 aromatic rings. The molecule has 3 rings (SSSR count). The summed E-state index contributed by atoms with van der Waals surface area (Å²) in [5, 5.41) is 13.2. The Kier molecular flexibility index (Phi) is 8.10. The number of Topliss-reactive ketones (excluding diaryl/α,β-unsaturated/α-hetero) is 1. The molecular formula is C25H32N2O4S. The fourth-order valence-corrected chi connectivity index (χ4v) is 4.73. The lowest BCUT2D eigenvalue weighted by Crippen LogP contribution is -2.32. The number of benzene rings is 1. The first-order valence-corrected chi connectivity index (χ1v) is 11.9. The van der Waals surface area contributed by atoms with E-state index in [1.54, 1.807) is 17.0 Å². The fraction of sp³-hybridized carbons (Fsp3) is 0.440. The molecule has 1 aliphatic heterocycles.